The minimum Gasteiger partial charge on any atom is -0.391 e. The van der Waals surface area contributed by atoms with Crippen molar-refractivity contribution in [3.8, 4) is 0 Å². The molecule has 0 saturated heterocycles. The van der Waals surface area contributed by atoms with Crippen LogP contribution in [0.25, 0.3) is 0 Å². The number of Topliss-reactive ketones (excluding diaryl/α,β-unsaturated/α-hetero) is 1. The van der Waals surface area contributed by atoms with Crippen LogP contribution in [-0.2, 0) is 4.79 Å². The van der Waals surface area contributed by atoms with Gasteiger partial charge in [0.15, 0.2) is 5.78 Å². The second-order valence-electron chi connectivity index (χ2n) is 5.64. The first-order valence-corrected chi connectivity index (χ1v) is 6.67. The number of hydrogen-bond donors (Lipinski definition) is 1. The molecule has 0 aliphatic carbocycles. The van der Waals surface area contributed by atoms with Gasteiger partial charge in [-0.15, -0.1) is 0 Å². The molecule has 102 valence electrons. The summed E-state index contributed by atoms with van der Waals surface area (Å²) >= 11 is 0. The second-order valence-corrected chi connectivity index (χ2v) is 5.64. The Hall–Kier alpha value is -0.410. The average Bonchev–Trinajstić information content (AvgIpc) is 2.27. The van der Waals surface area contributed by atoms with Crippen LogP contribution in [0.2, 0.25) is 0 Å². The van der Waals surface area contributed by atoms with Crippen molar-refractivity contribution in [2.75, 3.05) is 7.05 Å². The molecule has 0 aromatic rings. The van der Waals surface area contributed by atoms with Crippen LogP contribution in [-0.4, -0.2) is 41.0 Å². The van der Waals surface area contributed by atoms with Gasteiger partial charge in [-0.05, 0) is 26.8 Å². The topological polar surface area (TPSA) is 40.5 Å². The van der Waals surface area contributed by atoms with E-state index < -0.39 is 6.10 Å². The Morgan fingerprint density at radius 2 is 1.65 bits per heavy atom. The number of ketones is 1. The Bertz CT molecular complexity index is 238. The van der Waals surface area contributed by atoms with Gasteiger partial charge < -0.3 is 5.11 Å². The second kappa shape index (κ2) is 7.12. The van der Waals surface area contributed by atoms with Gasteiger partial charge in [0.25, 0.3) is 0 Å². The molecule has 0 amide bonds. The van der Waals surface area contributed by atoms with Crippen molar-refractivity contribution in [2.45, 2.75) is 66.2 Å². The van der Waals surface area contributed by atoms with Crippen LogP contribution in [0, 0.1) is 11.8 Å². The molecule has 0 rings (SSSR count). The van der Waals surface area contributed by atoms with Gasteiger partial charge in [-0.2, -0.15) is 0 Å². The third-order valence-corrected chi connectivity index (χ3v) is 3.66. The zero-order chi connectivity index (χ0) is 13.7. The maximum absolute atomic E-state index is 12.2. The summed E-state index contributed by atoms with van der Waals surface area (Å²) in [6.45, 7) is 11.9. The van der Waals surface area contributed by atoms with Crippen molar-refractivity contribution >= 4 is 5.78 Å². The summed E-state index contributed by atoms with van der Waals surface area (Å²) < 4.78 is 0. The van der Waals surface area contributed by atoms with Crippen LogP contribution in [0.15, 0.2) is 0 Å². The van der Waals surface area contributed by atoms with Gasteiger partial charge in [0.2, 0.25) is 0 Å². The number of carbonyl (C=O) groups excluding carboxylic acids is 1. The van der Waals surface area contributed by atoms with E-state index in [2.05, 4.69) is 0 Å². The smallest absolute Gasteiger partial charge is 0.155 e. The molecule has 0 aromatic heterocycles. The van der Waals surface area contributed by atoms with E-state index in [0.29, 0.717) is 0 Å². The molecule has 0 fully saturated rings. The summed E-state index contributed by atoms with van der Waals surface area (Å²) in [5, 5.41) is 10.4. The number of carbonyl (C=O) groups is 1. The zero-order valence-corrected chi connectivity index (χ0v) is 12.4. The van der Waals surface area contributed by atoms with Gasteiger partial charge in [-0.25, -0.2) is 0 Å². The summed E-state index contributed by atoms with van der Waals surface area (Å²) in [6.07, 6.45) is 0.303. The van der Waals surface area contributed by atoms with Gasteiger partial charge in [0.05, 0.1) is 12.1 Å². The Kier molecular flexibility index (Phi) is 6.95. The van der Waals surface area contributed by atoms with Gasteiger partial charge in [-0.3, -0.25) is 9.69 Å². The minimum absolute atomic E-state index is 0.0418. The van der Waals surface area contributed by atoms with Crippen molar-refractivity contribution < 1.29 is 9.90 Å². The lowest BCUT2D eigenvalue weighted by atomic mass is 9.88. The molecule has 3 nitrogen and oxygen atoms in total. The van der Waals surface area contributed by atoms with Crippen molar-refractivity contribution in [2.24, 2.45) is 11.8 Å². The molecular formula is C14H29NO2. The molecule has 0 aliphatic rings. The van der Waals surface area contributed by atoms with Crippen LogP contribution >= 0.6 is 0 Å². The highest BCUT2D eigenvalue weighted by atomic mass is 16.3. The highest BCUT2D eigenvalue weighted by molar-refractivity contribution is 5.86. The lowest BCUT2D eigenvalue weighted by Crippen LogP contribution is -2.53. The molecule has 0 saturated carbocycles. The maximum atomic E-state index is 12.2. The molecule has 0 spiro atoms. The first-order valence-electron chi connectivity index (χ1n) is 6.67. The largest absolute Gasteiger partial charge is 0.391 e. The van der Waals surface area contributed by atoms with Crippen LogP contribution in [0.1, 0.15) is 48.0 Å². The van der Waals surface area contributed by atoms with Gasteiger partial charge in [-0.1, -0.05) is 34.1 Å². The van der Waals surface area contributed by atoms with Crippen molar-refractivity contribution in [1.82, 2.24) is 4.90 Å². The normalized spacial score (nSPS) is 17.6. The molecule has 17 heavy (non-hydrogen) atoms. The van der Waals surface area contributed by atoms with E-state index in [0.717, 1.165) is 6.42 Å². The lowest BCUT2D eigenvalue weighted by Gasteiger charge is -2.36. The third-order valence-electron chi connectivity index (χ3n) is 3.66. The molecule has 0 bridgehead atoms. The van der Waals surface area contributed by atoms with E-state index in [1.54, 1.807) is 0 Å². The first kappa shape index (κ1) is 16.6. The highest BCUT2D eigenvalue weighted by Gasteiger charge is 2.35. The molecule has 0 aliphatic heterocycles. The number of rotatable bonds is 7. The number of aliphatic hydroxyl groups excluding tert-OH is 1. The Balaban J connectivity index is 5.04. The molecule has 0 heterocycles. The summed E-state index contributed by atoms with van der Waals surface area (Å²) in [5.41, 5.74) is 0. The zero-order valence-electron chi connectivity index (χ0n) is 12.4. The molecule has 3 atom stereocenters. The van der Waals surface area contributed by atoms with Crippen LogP contribution < -0.4 is 0 Å². The Morgan fingerprint density at radius 1 is 1.18 bits per heavy atom. The van der Waals surface area contributed by atoms with Crippen molar-refractivity contribution in [3.63, 3.8) is 0 Å². The van der Waals surface area contributed by atoms with E-state index in [1.807, 2.05) is 53.5 Å². The van der Waals surface area contributed by atoms with E-state index in [4.69, 9.17) is 0 Å². The third kappa shape index (κ3) is 4.40. The fourth-order valence-electron chi connectivity index (χ4n) is 1.83. The van der Waals surface area contributed by atoms with Crippen molar-refractivity contribution in [3.05, 3.63) is 0 Å². The van der Waals surface area contributed by atoms with E-state index in [1.165, 1.54) is 0 Å². The molecule has 0 radical (unpaired) electrons. The summed E-state index contributed by atoms with van der Waals surface area (Å²) in [4.78, 5) is 14.2. The number of hydrogen-bond acceptors (Lipinski definition) is 3. The maximum Gasteiger partial charge on any atom is 0.155 e. The monoisotopic (exact) mass is 243 g/mol. The van der Waals surface area contributed by atoms with Gasteiger partial charge >= 0.3 is 0 Å². The summed E-state index contributed by atoms with van der Waals surface area (Å²) in [5.74, 6) is 0.234. The quantitative estimate of drug-likeness (QED) is 0.746. The van der Waals surface area contributed by atoms with Crippen LogP contribution in [0.5, 0.6) is 0 Å². The lowest BCUT2D eigenvalue weighted by molar-refractivity contribution is -0.133. The van der Waals surface area contributed by atoms with Crippen molar-refractivity contribution in [1.29, 1.82) is 0 Å². The van der Waals surface area contributed by atoms with E-state index in [9.17, 15) is 9.90 Å². The number of aliphatic hydroxyl groups is 1. The standard InChI is InChI=1S/C14H29NO2/c1-8-11(6)14(17)12(13(16)9(2)3)15(7)10(4)5/h9-12,14,17H,8H2,1-7H3/t11-,12-,14-/m1/s1. The molecule has 0 aromatic carbocycles. The van der Waals surface area contributed by atoms with Crippen LogP contribution in [0.3, 0.4) is 0 Å². The number of likely N-dealkylation sites (N-methyl/N-ethyl adjacent to an activating group) is 1. The summed E-state index contributed by atoms with van der Waals surface area (Å²) in [7, 11) is 1.92. The predicted octanol–water partition coefficient (Wildman–Crippen LogP) is 2.33. The van der Waals surface area contributed by atoms with Gasteiger partial charge in [0, 0.05) is 12.0 Å². The summed E-state index contributed by atoms with van der Waals surface area (Å²) in [6, 6.07) is -0.133. The fraction of sp³-hybridized carbons (Fsp3) is 0.929. The van der Waals surface area contributed by atoms with E-state index in [-0.39, 0.29) is 29.7 Å². The average molecular weight is 243 g/mol. The predicted molar refractivity (Wildman–Crippen MR) is 72.0 cm³/mol. The highest BCUT2D eigenvalue weighted by Crippen LogP contribution is 2.20. The Labute approximate surface area is 106 Å². The molecule has 3 heteroatoms. The minimum atomic E-state index is -0.581. The molecule has 1 N–H and O–H groups in total. The van der Waals surface area contributed by atoms with Crippen LogP contribution in [0.4, 0.5) is 0 Å². The fourth-order valence-corrected chi connectivity index (χ4v) is 1.83. The first-order chi connectivity index (χ1) is 7.73. The molecule has 0 unspecified atom stereocenters. The SMILES string of the molecule is CC[C@@H](C)[C@@H](O)[C@@H](C(=O)C(C)C)N(C)C(C)C. The Morgan fingerprint density at radius 3 is 1.94 bits per heavy atom. The molecular weight excluding hydrogens is 214 g/mol. The number of nitrogens with zero attached hydrogens (tertiary/aromatic N) is 1. The van der Waals surface area contributed by atoms with Gasteiger partial charge in [0.1, 0.15) is 0 Å². The van der Waals surface area contributed by atoms with E-state index >= 15 is 0 Å².